The van der Waals surface area contributed by atoms with Crippen molar-refractivity contribution >= 4 is 0 Å². The minimum atomic E-state index is 0.805. The fourth-order valence-corrected chi connectivity index (χ4v) is 3.67. The van der Waals surface area contributed by atoms with Crippen molar-refractivity contribution in [1.82, 2.24) is 10.2 Å². The van der Waals surface area contributed by atoms with E-state index in [-0.39, 0.29) is 0 Å². The molecule has 2 fully saturated rings. The maximum absolute atomic E-state index is 3.74. The van der Waals surface area contributed by atoms with Gasteiger partial charge in [0.2, 0.25) is 0 Å². The summed E-state index contributed by atoms with van der Waals surface area (Å²) in [4.78, 5) is 2.63. The van der Waals surface area contributed by atoms with E-state index in [9.17, 15) is 0 Å². The monoisotopic (exact) mass is 238 g/mol. The number of nitrogens with one attached hydrogen (secondary N) is 1. The van der Waals surface area contributed by atoms with Crippen LogP contribution < -0.4 is 5.32 Å². The molecule has 100 valence electrons. The lowest BCUT2D eigenvalue weighted by Gasteiger charge is -2.31. The first-order valence-electron chi connectivity index (χ1n) is 7.65. The van der Waals surface area contributed by atoms with E-state index in [0.29, 0.717) is 0 Å². The fraction of sp³-hybridized carbons (Fsp3) is 1.00. The van der Waals surface area contributed by atoms with Crippen LogP contribution in [0.1, 0.15) is 52.9 Å². The highest BCUT2D eigenvalue weighted by atomic mass is 15.1. The molecular weight excluding hydrogens is 208 g/mol. The SMILES string of the molecule is CCN(CCC1CC2CCC(C1)N2)CC(C)C. The minimum absolute atomic E-state index is 0.805. The molecule has 2 atom stereocenters. The van der Waals surface area contributed by atoms with Crippen molar-refractivity contribution < 1.29 is 0 Å². The third kappa shape index (κ3) is 3.96. The van der Waals surface area contributed by atoms with Crippen molar-refractivity contribution in [3.05, 3.63) is 0 Å². The molecule has 1 N–H and O–H groups in total. The first-order valence-corrected chi connectivity index (χ1v) is 7.65. The van der Waals surface area contributed by atoms with Crippen LogP contribution in [-0.4, -0.2) is 36.6 Å². The van der Waals surface area contributed by atoms with Crippen LogP contribution in [0.25, 0.3) is 0 Å². The van der Waals surface area contributed by atoms with Crippen molar-refractivity contribution in [1.29, 1.82) is 0 Å². The molecule has 0 aliphatic carbocycles. The van der Waals surface area contributed by atoms with Crippen molar-refractivity contribution in [3.8, 4) is 0 Å². The Morgan fingerprint density at radius 1 is 1.18 bits per heavy atom. The number of hydrogen-bond acceptors (Lipinski definition) is 2. The lowest BCUT2D eigenvalue weighted by molar-refractivity contribution is 0.209. The Labute approximate surface area is 107 Å². The summed E-state index contributed by atoms with van der Waals surface area (Å²) < 4.78 is 0. The molecule has 0 aromatic heterocycles. The van der Waals surface area contributed by atoms with Crippen LogP contribution in [0.4, 0.5) is 0 Å². The molecule has 0 spiro atoms. The predicted octanol–water partition coefficient (Wildman–Crippen LogP) is 2.89. The van der Waals surface area contributed by atoms with Crippen LogP contribution >= 0.6 is 0 Å². The highest BCUT2D eigenvalue weighted by molar-refractivity contribution is 4.92. The summed E-state index contributed by atoms with van der Waals surface area (Å²) >= 11 is 0. The molecule has 2 aliphatic rings. The Morgan fingerprint density at radius 3 is 2.35 bits per heavy atom. The molecule has 2 heterocycles. The van der Waals surface area contributed by atoms with E-state index >= 15 is 0 Å². The van der Waals surface area contributed by atoms with Gasteiger partial charge in [0.1, 0.15) is 0 Å². The van der Waals surface area contributed by atoms with Crippen LogP contribution in [0.5, 0.6) is 0 Å². The summed E-state index contributed by atoms with van der Waals surface area (Å²) in [5, 5.41) is 3.74. The Hall–Kier alpha value is -0.0800. The van der Waals surface area contributed by atoms with Gasteiger partial charge in [-0.1, -0.05) is 20.8 Å². The molecule has 2 unspecified atom stereocenters. The van der Waals surface area contributed by atoms with E-state index in [1.807, 2.05) is 0 Å². The van der Waals surface area contributed by atoms with E-state index in [1.165, 1.54) is 51.7 Å². The average molecular weight is 238 g/mol. The number of hydrogen-bond donors (Lipinski definition) is 1. The summed E-state index contributed by atoms with van der Waals surface area (Å²) in [5.74, 6) is 1.80. The van der Waals surface area contributed by atoms with Gasteiger partial charge >= 0.3 is 0 Å². The number of piperidine rings is 1. The van der Waals surface area contributed by atoms with Crippen LogP contribution in [-0.2, 0) is 0 Å². The number of rotatable bonds is 6. The summed E-state index contributed by atoms with van der Waals surface area (Å²) in [6, 6.07) is 1.72. The smallest absolute Gasteiger partial charge is 0.00728 e. The second-order valence-corrected chi connectivity index (χ2v) is 6.55. The molecule has 0 radical (unpaired) electrons. The van der Waals surface area contributed by atoms with Crippen molar-refractivity contribution in [2.45, 2.75) is 65.0 Å². The van der Waals surface area contributed by atoms with Gasteiger partial charge in [-0.05, 0) is 57.0 Å². The summed E-state index contributed by atoms with van der Waals surface area (Å²) in [7, 11) is 0. The maximum atomic E-state index is 3.74. The maximum Gasteiger partial charge on any atom is 0.00728 e. The van der Waals surface area contributed by atoms with E-state index in [0.717, 1.165) is 23.9 Å². The average Bonchev–Trinajstić information content (AvgIpc) is 2.63. The van der Waals surface area contributed by atoms with Crippen LogP contribution in [0, 0.1) is 11.8 Å². The van der Waals surface area contributed by atoms with E-state index < -0.39 is 0 Å². The molecule has 0 aromatic rings. The van der Waals surface area contributed by atoms with E-state index in [4.69, 9.17) is 0 Å². The highest BCUT2D eigenvalue weighted by Crippen LogP contribution is 2.32. The third-order valence-electron chi connectivity index (χ3n) is 4.49. The topological polar surface area (TPSA) is 15.3 Å². The van der Waals surface area contributed by atoms with Crippen LogP contribution in [0.15, 0.2) is 0 Å². The Balaban J connectivity index is 1.70. The molecule has 2 saturated heterocycles. The molecule has 0 aromatic carbocycles. The van der Waals surface area contributed by atoms with Crippen LogP contribution in [0.2, 0.25) is 0 Å². The zero-order valence-electron chi connectivity index (χ0n) is 11.9. The van der Waals surface area contributed by atoms with Crippen molar-refractivity contribution in [3.63, 3.8) is 0 Å². The van der Waals surface area contributed by atoms with Gasteiger partial charge in [0, 0.05) is 18.6 Å². The second-order valence-electron chi connectivity index (χ2n) is 6.55. The zero-order valence-corrected chi connectivity index (χ0v) is 11.9. The van der Waals surface area contributed by atoms with Gasteiger partial charge in [-0.2, -0.15) is 0 Å². The quantitative estimate of drug-likeness (QED) is 0.765. The van der Waals surface area contributed by atoms with Crippen molar-refractivity contribution in [2.24, 2.45) is 11.8 Å². The molecular formula is C15H30N2. The highest BCUT2D eigenvalue weighted by Gasteiger charge is 2.33. The van der Waals surface area contributed by atoms with Crippen molar-refractivity contribution in [2.75, 3.05) is 19.6 Å². The molecule has 2 bridgehead atoms. The Bertz CT molecular complexity index is 215. The molecule has 17 heavy (non-hydrogen) atoms. The summed E-state index contributed by atoms with van der Waals surface area (Å²) in [5.41, 5.74) is 0. The minimum Gasteiger partial charge on any atom is -0.311 e. The summed E-state index contributed by atoms with van der Waals surface area (Å²) in [6.07, 6.45) is 7.18. The van der Waals surface area contributed by atoms with Gasteiger partial charge in [0.05, 0.1) is 0 Å². The fourth-order valence-electron chi connectivity index (χ4n) is 3.67. The molecule has 0 amide bonds. The first-order chi connectivity index (χ1) is 8.17. The molecule has 0 saturated carbocycles. The molecule has 2 aliphatic heterocycles. The second kappa shape index (κ2) is 6.19. The van der Waals surface area contributed by atoms with Gasteiger partial charge in [0.15, 0.2) is 0 Å². The predicted molar refractivity (Wildman–Crippen MR) is 74.2 cm³/mol. The van der Waals surface area contributed by atoms with Gasteiger partial charge < -0.3 is 10.2 Å². The lowest BCUT2D eigenvalue weighted by atomic mass is 9.89. The lowest BCUT2D eigenvalue weighted by Crippen LogP contribution is -2.39. The standard InChI is InChI=1S/C15H30N2/c1-4-17(11-12(2)3)8-7-13-9-14-5-6-15(10-13)16-14/h12-16H,4-11H2,1-3H3. The number of nitrogens with zero attached hydrogens (tertiary/aromatic N) is 1. The van der Waals surface area contributed by atoms with Gasteiger partial charge in [-0.3, -0.25) is 0 Å². The summed E-state index contributed by atoms with van der Waals surface area (Å²) in [6.45, 7) is 10.8. The van der Waals surface area contributed by atoms with Gasteiger partial charge in [-0.25, -0.2) is 0 Å². The largest absolute Gasteiger partial charge is 0.311 e. The molecule has 2 rings (SSSR count). The van der Waals surface area contributed by atoms with E-state index in [2.05, 4.69) is 31.0 Å². The van der Waals surface area contributed by atoms with Crippen LogP contribution in [0.3, 0.4) is 0 Å². The van der Waals surface area contributed by atoms with Gasteiger partial charge in [-0.15, -0.1) is 0 Å². The molecule has 2 heteroatoms. The normalized spacial score (nSPS) is 32.6. The first kappa shape index (κ1) is 13.4. The third-order valence-corrected chi connectivity index (χ3v) is 4.49. The Morgan fingerprint density at radius 2 is 1.82 bits per heavy atom. The molecule has 2 nitrogen and oxygen atoms in total. The van der Waals surface area contributed by atoms with E-state index in [1.54, 1.807) is 0 Å². The van der Waals surface area contributed by atoms with Gasteiger partial charge in [0.25, 0.3) is 0 Å². The number of fused-ring (bicyclic) bond motifs is 2. The zero-order chi connectivity index (χ0) is 12.3. The Kier molecular flexibility index (Phi) is 4.87.